The number of sulfonamides is 1. The summed E-state index contributed by atoms with van der Waals surface area (Å²) in [4.78, 5) is 43.7. The van der Waals surface area contributed by atoms with Gasteiger partial charge in [-0.15, -0.1) is 22.7 Å². The molecule has 3 aromatic rings. The van der Waals surface area contributed by atoms with E-state index in [0.29, 0.717) is 29.7 Å². The maximum atomic E-state index is 13.2. The minimum Gasteiger partial charge on any atom is -0.344 e. The van der Waals surface area contributed by atoms with Gasteiger partial charge in [-0.1, -0.05) is 19.9 Å². The molecule has 1 fully saturated rings. The minimum absolute atomic E-state index is 0.0709. The Morgan fingerprint density at radius 1 is 1.24 bits per heavy atom. The first kappa shape index (κ1) is 27.4. The molecule has 1 aliphatic rings. The van der Waals surface area contributed by atoms with E-state index >= 15 is 0 Å². The summed E-state index contributed by atoms with van der Waals surface area (Å²) in [6.07, 6.45) is 2.51. The van der Waals surface area contributed by atoms with Crippen molar-refractivity contribution in [2.75, 3.05) is 13.1 Å². The molecule has 0 bridgehead atoms. The van der Waals surface area contributed by atoms with Crippen molar-refractivity contribution in [1.82, 2.24) is 19.9 Å². The number of thiophene rings is 2. The van der Waals surface area contributed by atoms with Crippen LogP contribution in [0.5, 0.6) is 0 Å². The molecule has 1 aliphatic heterocycles. The number of rotatable bonds is 8. The Morgan fingerprint density at radius 2 is 2.03 bits per heavy atom. The SMILES string of the molecule is Cc1cccnc1S(=O)(=O)N1CCC[C@@H](NC(=O)[C@@H](CC(C)C)NC(=O)c2cc3sccc3s2)C(=O)C1. The van der Waals surface area contributed by atoms with Crippen molar-refractivity contribution < 1.29 is 22.8 Å². The van der Waals surface area contributed by atoms with Crippen LogP contribution < -0.4 is 10.6 Å². The van der Waals surface area contributed by atoms with Crippen molar-refractivity contribution in [3.05, 3.63) is 46.3 Å². The van der Waals surface area contributed by atoms with Crippen LogP contribution in [0.3, 0.4) is 0 Å². The highest BCUT2D eigenvalue weighted by atomic mass is 32.2. The van der Waals surface area contributed by atoms with Crippen LogP contribution in [0.4, 0.5) is 0 Å². The highest BCUT2D eigenvalue weighted by Crippen LogP contribution is 2.30. The average Bonchev–Trinajstić information content (AvgIpc) is 3.39. The van der Waals surface area contributed by atoms with Crippen LogP contribution in [0.25, 0.3) is 9.40 Å². The van der Waals surface area contributed by atoms with Crippen LogP contribution in [-0.2, 0) is 19.6 Å². The van der Waals surface area contributed by atoms with E-state index < -0.39 is 33.8 Å². The maximum absolute atomic E-state index is 13.2. The molecule has 0 spiro atoms. The second-order valence-electron chi connectivity index (χ2n) is 9.55. The zero-order chi connectivity index (χ0) is 26.7. The van der Waals surface area contributed by atoms with Gasteiger partial charge in [0.15, 0.2) is 10.8 Å². The number of hydrogen-bond donors (Lipinski definition) is 2. The third-order valence-electron chi connectivity index (χ3n) is 6.18. The van der Waals surface area contributed by atoms with Gasteiger partial charge in [-0.2, -0.15) is 4.31 Å². The molecule has 12 heteroatoms. The third kappa shape index (κ3) is 6.25. The Kier molecular flexibility index (Phi) is 8.42. The normalized spacial score (nSPS) is 18.1. The molecule has 1 saturated heterocycles. The molecule has 2 atom stereocenters. The van der Waals surface area contributed by atoms with Gasteiger partial charge in [0.2, 0.25) is 5.91 Å². The van der Waals surface area contributed by atoms with Crippen molar-refractivity contribution in [3.63, 3.8) is 0 Å². The summed E-state index contributed by atoms with van der Waals surface area (Å²) in [5, 5.41) is 7.51. The van der Waals surface area contributed by atoms with E-state index in [9.17, 15) is 22.8 Å². The van der Waals surface area contributed by atoms with Crippen LogP contribution >= 0.6 is 22.7 Å². The number of carbonyl (C=O) groups is 3. The lowest BCUT2D eigenvalue weighted by molar-refractivity contribution is -0.129. The number of hydrogen-bond acceptors (Lipinski definition) is 8. The Hall–Kier alpha value is -2.67. The lowest BCUT2D eigenvalue weighted by Gasteiger charge is -2.23. The number of aryl methyl sites for hydroxylation is 1. The van der Waals surface area contributed by atoms with Crippen LogP contribution in [0.15, 0.2) is 40.9 Å². The fourth-order valence-corrected chi connectivity index (χ4v) is 7.89. The first-order valence-electron chi connectivity index (χ1n) is 12.1. The quantitative estimate of drug-likeness (QED) is 0.434. The number of fused-ring (bicyclic) bond motifs is 1. The molecule has 3 aromatic heterocycles. The molecular formula is C25H30N4O5S3. The number of Topliss-reactive ketones (excluding diaryl/α,β-unsaturated/α-hetero) is 1. The second kappa shape index (κ2) is 11.4. The minimum atomic E-state index is -3.95. The number of nitrogens with zero attached hydrogens (tertiary/aromatic N) is 2. The standard InChI is InChI=1S/C25H30N4O5S3/c1-15(2)12-18(28-24(32)22-13-21-20(36-22)8-11-35-21)23(31)27-17-7-5-10-29(14-19(17)30)37(33,34)25-16(3)6-4-9-26-25/h4,6,8-9,11,13,15,17-18H,5,7,10,12,14H2,1-3H3,(H,27,31)(H,28,32)/t17-,18-/m1/s1. The molecule has 37 heavy (non-hydrogen) atoms. The molecule has 4 heterocycles. The van der Waals surface area contributed by atoms with Crippen molar-refractivity contribution in [2.45, 2.75) is 57.1 Å². The van der Waals surface area contributed by atoms with E-state index in [-0.39, 0.29) is 29.9 Å². The highest BCUT2D eigenvalue weighted by molar-refractivity contribution is 7.89. The predicted octanol–water partition coefficient (Wildman–Crippen LogP) is 3.35. The lowest BCUT2D eigenvalue weighted by atomic mass is 10.0. The summed E-state index contributed by atoms with van der Waals surface area (Å²) in [5.41, 5.74) is 0.502. The molecule has 0 aromatic carbocycles. The molecule has 0 aliphatic carbocycles. The van der Waals surface area contributed by atoms with Crippen molar-refractivity contribution in [1.29, 1.82) is 0 Å². The molecule has 9 nitrogen and oxygen atoms in total. The van der Waals surface area contributed by atoms with Gasteiger partial charge in [-0.25, -0.2) is 13.4 Å². The fourth-order valence-electron chi connectivity index (χ4n) is 4.30. The summed E-state index contributed by atoms with van der Waals surface area (Å²) in [6, 6.07) is 5.43. The van der Waals surface area contributed by atoms with Crippen LogP contribution in [0.1, 0.15) is 48.3 Å². The molecule has 2 N–H and O–H groups in total. The smallest absolute Gasteiger partial charge is 0.262 e. The summed E-state index contributed by atoms with van der Waals surface area (Å²) in [6.45, 7) is 5.36. The zero-order valence-corrected chi connectivity index (χ0v) is 23.3. The summed E-state index contributed by atoms with van der Waals surface area (Å²) >= 11 is 2.92. The van der Waals surface area contributed by atoms with Crippen molar-refractivity contribution in [3.8, 4) is 0 Å². The lowest BCUT2D eigenvalue weighted by Crippen LogP contribution is -2.52. The van der Waals surface area contributed by atoms with Gasteiger partial charge in [0.05, 0.1) is 17.5 Å². The van der Waals surface area contributed by atoms with Gasteiger partial charge in [-0.05, 0) is 61.2 Å². The summed E-state index contributed by atoms with van der Waals surface area (Å²) in [7, 11) is -3.95. The third-order valence-corrected chi connectivity index (χ3v) is 10.2. The molecule has 4 rings (SSSR count). The molecule has 198 valence electrons. The second-order valence-corrected chi connectivity index (χ2v) is 13.4. The Balaban J connectivity index is 1.44. The van der Waals surface area contributed by atoms with Crippen molar-refractivity contribution >= 4 is 59.7 Å². The first-order chi connectivity index (χ1) is 17.6. The molecule has 2 amide bonds. The fraction of sp³-hybridized carbons (Fsp3) is 0.440. The zero-order valence-electron chi connectivity index (χ0n) is 20.9. The molecule has 0 radical (unpaired) electrons. The number of aromatic nitrogens is 1. The predicted molar refractivity (Wildman–Crippen MR) is 144 cm³/mol. The van der Waals surface area contributed by atoms with E-state index in [4.69, 9.17) is 0 Å². The molecule has 0 saturated carbocycles. The number of ketones is 1. The largest absolute Gasteiger partial charge is 0.344 e. The Bertz CT molecular complexity index is 1380. The van der Waals surface area contributed by atoms with E-state index in [1.54, 1.807) is 30.4 Å². The van der Waals surface area contributed by atoms with Gasteiger partial charge in [0.25, 0.3) is 15.9 Å². The Labute approximate surface area is 224 Å². The van der Waals surface area contributed by atoms with Crippen LogP contribution in [-0.4, -0.2) is 60.5 Å². The van der Waals surface area contributed by atoms with E-state index in [0.717, 1.165) is 13.7 Å². The molecule has 0 unspecified atom stereocenters. The van der Waals surface area contributed by atoms with Gasteiger partial charge < -0.3 is 10.6 Å². The van der Waals surface area contributed by atoms with E-state index in [1.807, 2.05) is 31.4 Å². The maximum Gasteiger partial charge on any atom is 0.262 e. The summed E-state index contributed by atoms with van der Waals surface area (Å²) < 4.78 is 29.5. The number of carbonyl (C=O) groups excluding carboxylic acids is 3. The van der Waals surface area contributed by atoms with Gasteiger partial charge in [0.1, 0.15) is 6.04 Å². The summed E-state index contributed by atoms with van der Waals surface area (Å²) in [5.74, 6) is -1.05. The topological polar surface area (TPSA) is 126 Å². The van der Waals surface area contributed by atoms with Crippen LogP contribution in [0.2, 0.25) is 0 Å². The molecular weight excluding hydrogens is 532 g/mol. The van der Waals surface area contributed by atoms with E-state index in [1.165, 1.54) is 17.5 Å². The number of nitrogens with one attached hydrogen (secondary N) is 2. The van der Waals surface area contributed by atoms with Gasteiger partial charge in [-0.3, -0.25) is 14.4 Å². The monoisotopic (exact) mass is 562 g/mol. The van der Waals surface area contributed by atoms with Crippen LogP contribution in [0, 0.1) is 12.8 Å². The highest BCUT2D eigenvalue weighted by Gasteiger charge is 2.35. The van der Waals surface area contributed by atoms with Gasteiger partial charge >= 0.3 is 0 Å². The Morgan fingerprint density at radius 3 is 2.73 bits per heavy atom. The average molecular weight is 563 g/mol. The van der Waals surface area contributed by atoms with Crippen molar-refractivity contribution in [2.24, 2.45) is 5.92 Å². The number of amides is 2. The number of pyridine rings is 1. The van der Waals surface area contributed by atoms with E-state index in [2.05, 4.69) is 15.6 Å². The first-order valence-corrected chi connectivity index (χ1v) is 15.2. The van der Waals surface area contributed by atoms with Gasteiger partial charge in [0, 0.05) is 22.1 Å².